The summed E-state index contributed by atoms with van der Waals surface area (Å²) in [6, 6.07) is 8.60. The van der Waals surface area contributed by atoms with Crippen LogP contribution in [0, 0.1) is 6.92 Å². The van der Waals surface area contributed by atoms with Crippen molar-refractivity contribution in [2.45, 2.75) is 33.1 Å². The molecule has 2 aromatic rings. The van der Waals surface area contributed by atoms with Crippen LogP contribution < -0.4 is 4.74 Å². The Labute approximate surface area is 107 Å². The number of hydrogen-bond donors (Lipinski definition) is 0. The predicted octanol–water partition coefficient (Wildman–Crippen LogP) is 4.80. The molecule has 1 aromatic heterocycles. The Hall–Kier alpha value is -1.15. The molecular formula is C15H19OS+. The lowest BCUT2D eigenvalue weighted by molar-refractivity contribution is 0.415. The molecule has 0 fully saturated rings. The summed E-state index contributed by atoms with van der Waals surface area (Å²) in [6.45, 7) is 8.94. The highest BCUT2D eigenvalue weighted by Gasteiger charge is 2.26. The molecule has 2 rings (SSSR count). The van der Waals surface area contributed by atoms with E-state index in [-0.39, 0.29) is 5.41 Å². The molecule has 0 saturated heterocycles. The molecule has 0 atom stereocenters. The summed E-state index contributed by atoms with van der Waals surface area (Å²) in [5.41, 5.74) is 1.53. The van der Waals surface area contributed by atoms with Gasteiger partial charge in [-0.25, -0.2) is 0 Å². The fourth-order valence-electron chi connectivity index (χ4n) is 1.83. The number of methoxy groups -OCH3 is 1. The molecule has 1 nitrogen and oxygen atoms in total. The number of hydrogen-bond acceptors (Lipinski definition) is 1. The van der Waals surface area contributed by atoms with Gasteiger partial charge in [-0.05, 0) is 24.6 Å². The van der Waals surface area contributed by atoms with Crippen LogP contribution in [0.4, 0.5) is 0 Å². The zero-order chi connectivity index (χ0) is 12.6. The van der Waals surface area contributed by atoms with Crippen LogP contribution in [0.15, 0.2) is 24.3 Å². The average Bonchev–Trinajstić information content (AvgIpc) is 2.27. The van der Waals surface area contributed by atoms with Gasteiger partial charge in [0.05, 0.1) is 7.11 Å². The summed E-state index contributed by atoms with van der Waals surface area (Å²) < 4.78 is 6.61. The Balaban J connectivity index is 2.68. The lowest BCUT2D eigenvalue weighted by atomic mass is 9.93. The largest absolute Gasteiger partial charge is 0.497 e. The van der Waals surface area contributed by atoms with E-state index < -0.39 is 0 Å². The van der Waals surface area contributed by atoms with Crippen molar-refractivity contribution in [2.75, 3.05) is 7.11 Å². The van der Waals surface area contributed by atoms with Crippen molar-refractivity contribution in [1.29, 1.82) is 0 Å². The highest BCUT2D eigenvalue weighted by atomic mass is 32.1. The van der Waals surface area contributed by atoms with E-state index in [4.69, 9.17) is 4.74 Å². The molecule has 2 heteroatoms. The van der Waals surface area contributed by atoms with Gasteiger partial charge in [0.2, 0.25) is 20.9 Å². The zero-order valence-electron chi connectivity index (χ0n) is 11.1. The van der Waals surface area contributed by atoms with Crippen LogP contribution in [-0.2, 0) is 5.41 Å². The first-order valence-electron chi connectivity index (χ1n) is 5.84. The maximum absolute atomic E-state index is 5.28. The fraction of sp³-hybridized carbons (Fsp3) is 0.400. The highest BCUT2D eigenvalue weighted by Crippen LogP contribution is 2.34. The third-order valence-electron chi connectivity index (χ3n) is 2.92. The van der Waals surface area contributed by atoms with E-state index >= 15 is 0 Å². The fourth-order valence-corrected chi connectivity index (χ4v) is 3.07. The van der Waals surface area contributed by atoms with E-state index in [9.17, 15) is 0 Å². The van der Waals surface area contributed by atoms with Crippen LogP contribution in [0.25, 0.3) is 10.1 Å². The molecule has 0 aliphatic rings. The molecule has 1 aromatic carbocycles. The van der Waals surface area contributed by atoms with E-state index in [1.165, 1.54) is 20.5 Å². The molecule has 1 heterocycles. The number of rotatable bonds is 1. The molecule has 0 N–H and O–H groups in total. The second-order valence-electron chi connectivity index (χ2n) is 5.41. The first kappa shape index (κ1) is 12.3. The Kier molecular flexibility index (Phi) is 3.09. The van der Waals surface area contributed by atoms with Gasteiger partial charge in [-0.1, -0.05) is 20.8 Å². The number of benzene rings is 1. The van der Waals surface area contributed by atoms with Gasteiger partial charge in [0.1, 0.15) is 5.75 Å². The summed E-state index contributed by atoms with van der Waals surface area (Å²) >= 11 is 1.87. The lowest BCUT2D eigenvalue weighted by Gasteiger charge is -2.11. The predicted molar refractivity (Wildman–Crippen MR) is 76.2 cm³/mol. The Morgan fingerprint density at radius 2 is 1.82 bits per heavy atom. The normalized spacial score (nSPS) is 11.8. The van der Waals surface area contributed by atoms with Crippen molar-refractivity contribution in [3.63, 3.8) is 0 Å². The standard InChI is InChI=1S/C15H19OS/c1-10-8-14(15(2,3)4)17-13-7-6-11(16-5)9-12(10)13/h6-9H,1-5H3/q+1. The van der Waals surface area contributed by atoms with Crippen LogP contribution in [-0.4, -0.2) is 7.11 Å². The zero-order valence-corrected chi connectivity index (χ0v) is 11.9. The van der Waals surface area contributed by atoms with Gasteiger partial charge in [0.25, 0.3) is 0 Å². The van der Waals surface area contributed by atoms with Crippen LogP contribution in [0.2, 0.25) is 0 Å². The van der Waals surface area contributed by atoms with Crippen molar-refractivity contribution in [3.8, 4) is 5.75 Å². The van der Waals surface area contributed by atoms with Gasteiger partial charge in [-0.2, -0.15) is 0 Å². The van der Waals surface area contributed by atoms with E-state index in [0.29, 0.717) is 0 Å². The topological polar surface area (TPSA) is 9.23 Å². The second-order valence-corrected chi connectivity index (χ2v) is 6.49. The molecule has 0 aliphatic heterocycles. The molecule has 17 heavy (non-hydrogen) atoms. The number of fused-ring (bicyclic) bond motifs is 1. The Morgan fingerprint density at radius 1 is 1.12 bits per heavy atom. The van der Waals surface area contributed by atoms with Crippen LogP contribution in [0.5, 0.6) is 5.75 Å². The smallest absolute Gasteiger partial charge is 0.238 e. The Bertz CT molecular complexity index is 553. The van der Waals surface area contributed by atoms with Gasteiger partial charge in [0.15, 0.2) is 0 Å². The molecule has 0 saturated carbocycles. The first-order chi connectivity index (χ1) is 7.91. The summed E-state index contributed by atoms with van der Waals surface area (Å²) in [5, 5.41) is 1.29. The summed E-state index contributed by atoms with van der Waals surface area (Å²) in [7, 11) is 1.71. The van der Waals surface area contributed by atoms with Gasteiger partial charge >= 0.3 is 0 Å². The van der Waals surface area contributed by atoms with E-state index in [1.54, 1.807) is 7.11 Å². The van der Waals surface area contributed by atoms with Crippen LogP contribution in [0.1, 0.15) is 31.2 Å². The third kappa shape index (κ3) is 2.42. The lowest BCUT2D eigenvalue weighted by Crippen LogP contribution is -2.09. The molecule has 0 aliphatic carbocycles. The molecular weight excluding hydrogens is 228 g/mol. The molecule has 90 valence electrons. The molecule has 0 radical (unpaired) electrons. The number of ether oxygens (including phenoxy) is 1. The van der Waals surface area contributed by atoms with E-state index in [0.717, 1.165) is 5.75 Å². The third-order valence-corrected chi connectivity index (χ3v) is 4.44. The van der Waals surface area contributed by atoms with Gasteiger partial charge in [-0.15, -0.1) is 0 Å². The minimum Gasteiger partial charge on any atom is -0.497 e. The van der Waals surface area contributed by atoms with Crippen molar-refractivity contribution >= 4 is 21.4 Å². The van der Waals surface area contributed by atoms with Crippen molar-refractivity contribution in [1.82, 2.24) is 0 Å². The van der Waals surface area contributed by atoms with Crippen molar-refractivity contribution in [2.24, 2.45) is 0 Å². The maximum Gasteiger partial charge on any atom is 0.238 e. The first-order valence-corrected chi connectivity index (χ1v) is 6.65. The monoisotopic (exact) mass is 247 g/mol. The van der Waals surface area contributed by atoms with Crippen LogP contribution >= 0.6 is 11.3 Å². The second kappa shape index (κ2) is 4.26. The minimum atomic E-state index is 0.212. The van der Waals surface area contributed by atoms with E-state index in [1.807, 2.05) is 17.4 Å². The van der Waals surface area contributed by atoms with Gasteiger partial charge < -0.3 is 4.74 Å². The van der Waals surface area contributed by atoms with Crippen LogP contribution in [0.3, 0.4) is 0 Å². The highest BCUT2D eigenvalue weighted by molar-refractivity contribution is 7.18. The van der Waals surface area contributed by atoms with Gasteiger partial charge in [-0.3, -0.25) is 0 Å². The van der Waals surface area contributed by atoms with Crippen molar-refractivity contribution < 1.29 is 4.74 Å². The quantitative estimate of drug-likeness (QED) is 0.658. The summed E-state index contributed by atoms with van der Waals surface area (Å²) in [6.07, 6.45) is 0. The summed E-state index contributed by atoms with van der Waals surface area (Å²) in [5.74, 6) is 0.927. The molecule has 0 amide bonds. The molecule has 0 spiro atoms. The molecule has 0 bridgehead atoms. The molecule has 0 unspecified atom stereocenters. The van der Waals surface area contributed by atoms with Crippen molar-refractivity contribution in [3.05, 3.63) is 34.7 Å². The summed E-state index contributed by atoms with van der Waals surface area (Å²) in [4.78, 5) is 1.42. The SMILES string of the molecule is COc1ccc2[s+]c(C(C)(C)C)cc(C)c2c1. The minimum absolute atomic E-state index is 0.212. The van der Waals surface area contributed by atoms with Gasteiger partial charge in [0, 0.05) is 22.9 Å². The average molecular weight is 247 g/mol. The maximum atomic E-state index is 5.28. The van der Waals surface area contributed by atoms with E-state index in [2.05, 4.69) is 45.9 Å². The Morgan fingerprint density at radius 3 is 2.41 bits per heavy atom. The number of aryl methyl sites for hydroxylation is 1.